The molecule has 2 atom stereocenters. The van der Waals surface area contributed by atoms with Crippen LogP contribution in [0.1, 0.15) is 37.8 Å². The molecule has 2 heterocycles. The van der Waals surface area contributed by atoms with E-state index in [4.69, 9.17) is 0 Å². The number of nitrogens with one attached hydrogen (secondary N) is 1. The first-order valence-electron chi connectivity index (χ1n) is 7.70. The lowest BCUT2D eigenvalue weighted by Crippen LogP contribution is -2.35. The zero-order valence-electron chi connectivity index (χ0n) is 12.6. The summed E-state index contributed by atoms with van der Waals surface area (Å²) in [6.45, 7) is 2.86. The van der Waals surface area contributed by atoms with Gasteiger partial charge >= 0.3 is 0 Å². The Kier molecular flexibility index (Phi) is 4.18. The van der Waals surface area contributed by atoms with Crippen LogP contribution in [0.3, 0.4) is 0 Å². The minimum Gasteiger partial charge on any atom is -0.336 e. The summed E-state index contributed by atoms with van der Waals surface area (Å²) in [5.41, 5.74) is 0.964. The standard InChI is InChI=1S/C15H21N3O3S/c1-2-18-14(19)8-12(10-17-22(20,21)13-5-6-13)15(18)11-4-3-7-16-9-11/h3-4,7,9,12-13,15,17H,2,5-6,8,10H2,1H3/t12-,15-/m0/s1. The Labute approximate surface area is 131 Å². The van der Waals surface area contributed by atoms with Gasteiger partial charge in [0.2, 0.25) is 15.9 Å². The molecule has 0 aromatic carbocycles. The van der Waals surface area contributed by atoms with Crippen molar-refractivity contribution in [2.45, 2.75) is 37.5 Å². The second-order valence-electron chi connectivity index (χ2n) is 5.97. The molecule has 1 N–H and O–H groups in total. The molecule has 1 aromatic heterocycles. The Morgan fingerprint density at radius 2 is 2.18 bits per heavy atom. The number of sulfonamides is 1. The van der Waals surface area contributed by atoms with E-state index in [1.54, 1.807) is 12.4 Å². The molecule has 1 aliphatic heterocycles. The van der Waals surface area contributed by atoms with Crippen molar-refractivity contribution in [3.63, 3.8) is 0 Å². The Morgan fingerprint density at radius 3 is 2.77 bits per heavy atom. The topological polar surface area (TPSA) is 79.4 Å². The van der Waals surface area contributed by atoms with E-state index in [9.17, 15) is 13.2 Å². The summed E-state index contributed by atoms with van der Waals surface area (Å²) in [7, 11) is -3.22. The molecule has 7 heteroatoms. The van der Waals surface area contributed by atoms with E-state index >= 15 is 0 Å². The van der Waals surface area contributed by atoms with Gasteiger partial charge in [0.25, 0.3) is 0 Å². The SMILES string of the molecule is CCN1C(=O)C[C@@H](CNS(=O)(=O)C2CC2)[C@@H]1c1cccnc1. The van der Waals surface area contributed by atoms with Crippen molar-refractivity contribution < 1.29 is 13.2 Å². The Morgan fingerprint density at radius 1 is 1.41 bits per heavy atom. The summed E-state index contributed by atoms with van der Waals surface area (Å²) >= 11 is 0. The third-order valence-corrected chi connectivity index (χ3v) is 6.33. The van der Waals surface area contributed by atoms with Crippen molar-refractivity contribution >= 4 is 15.9 Å². The molecule has 0 spiro atoms. The lowest BCUT2D eigenvalue weighted by Gasteiger charge is -2.27. The molecule has 0 unspecified atom stereocenters. The van der Waals surface area contributed by atoms with Crippen LogP contribution in [0, 0.1) is 5.92 Å². The van der Waals surface area contributed by atoms with Gasteiger partial charge in [-0.2, -0.15) is 0 Å². The Balaban J connectivity index is 1.77. The number of rotatable bonds is 6. The first-order valence-corrected chi connectivity index (χ1v) is 9.25. The number of hydrogen-bond donors (Lipinski definition) is 1. The summed E-state index contributed by atoms with van der Waals surface area (Å²) in [5, 5.41) is -0.233. The van der Waals surface area contributed by atoms with Crippen molar-refractivity contribution in [3.05, 3.63) is 30.1 Å². The number of nitrogens with zero attached hydrogens (tertiary/aromatic N) is 2. The van der Waals surface area contributed by atoms with Gasteiger partial charge in [-0.15, -0.1) is 0 Å². The molecular formula is C15H21N3O3S. The number of pyridine rings is 1. The lowest BCUT2D eigenvalue weighted by molar-refractivity contribution is -0.128. The highest BCUT2D eigenvalue weighted by Crippen LogP contribution is 2.37. The summed E-state index contributed by atoms with van der Waals surface area (Å²) in [6.07, 6.45) is 5.31. The maximum absolute atomic E-state index is 12.2. The van der Waals surface area contributed by atoms with Gasteiger partial charge in [-0.25, -0.2) is 13.1 Å². The van der Waals surface area contributed by atoms with Gasteiger partial charge < -0.3 is 4.90 Å². The Hall–Kier alpha value is -1.47. The van der Waals surface area contributed by atoms with Crippen molar-refractivity contribution in [2.75, 3.05) is 13.1 Å². The monoisotopic (exact) mass is 323 g/mol. The minimum absolute atomic E-state index is 0.0508. The highest BCUT2D eigenvalue weighted by atomic mass is 32.2. The van der Waals surface area contributed by atoms with Crippen LogP contribution in [-0.4, -0.2) is 42.5 Å². The molecule has 1 saturated carbocycles. The van der Waals surface area contributed by atoms with E-state index in [2.05, 4.69) is 9.71 Å². The summed E-state index contributed by atoms with van der Waals surface area (Å²) in [5.74, 6) is 0.0251. The van der Waals surface area contributed by atoms with E-state index < -0.39 is 10.0 Å². The highest BCUT2D eigenvalue weighted by Gasteiger charge is 2.42. The molecule has 0 radical (unpaired) electrons. The third-order valence-electron chi connectivity index (χ3n) is 4.42. The zero-order valence-corrected chi connectivity index (χ0v) is 13.4. The van der Waals surface area contributed by atoms with Crippen LogP contribution in [0.25, 0.3) is 0 Å². The van der Waals surface area contributed by atoms with Crippen molar-refractivity contribution in [2.24, 2.45) is 5.92 Å². The highest BCUT2D eigenvalue weighted by molar-refractivity contribution is 7.90. The van der Waals surface area contributed by atoms with Crippen LogP contribution in [0.2, 0.25) is 0 Å². The molecule has 1 amide bonds. The first kappa shape index (κ1) is 15.4. The second kappa shape index (κ2) is 5.96. The molecule has 2 fully saturated rings. The van der Waals surface area contributed by atoms with E-state index in [1.807, 2.05) is 24.0 Å². The fourth-order valence-corrected chi connectivity index (χ4v) is 4.58. The average molecular weight is 323 g/mol. The van der Waals surface area contributed by atoms with Gasteiger partial charge in [-0.3, -0.25) is 9.78 Å². The molecule has 6 nitrogen and oxygen atoms in total. The zero-order chi connectivity index (χ0) is 15.7. The summed E-state index contributed by atoms with van der Waals surface area (Å²) < 4.78 is 26.7. The minimum atomic E-state index is -3.22. The van der Waals surface area contributed by atoms with Gasteiger partial charge in [0, 0.05) is 37.8 Å². The van der Waals surface area contributed by atoms with Gasteiger partial charge in [0.15, 0.2) is 0 Å². The normalized spacial score (nSPS) is 25.7. The molecule has 3 rings (SSSR count). The third kappa shape index (κ3) is 3.01. The van der Waals surface area contributed by atoms with Crippen molar-refractivity contribution in [3.8, 4) is 0 Å². The molecule has 120 valence electrons. The van der Waals surface area contributed by atoms with E-state index in [-0.39, 0.29) is 23.1 Å². The van der Waals surface area contributed by atoms with E-state index in [1.165, 1.54) is 0 Å². The summed E-state index contributed by atoms with van der Waals surface area (Å²) in [4.78, 5) is 18.1. The first-order chi connectivity index (χ1) is 10.5. The van der Waals surface area contributed by atoms with Crippen LogP contribution < -0.4 is 4.72 Å². The maximum Gasteiger partial charge on any atom is 0.223 e. The van der Waals surface area contributed by atoms with Gasteiger partial charge in [0.05, 0.1) is 11.3 Å². The van der Waals surface area contributed by atoms with Crippen LogP contribution in [0.5, 0.6) is 0 Å². The number of hydrogen-bond acceptors (Lipinski definition) is 4. The molecule has 1 aliphatic carbocycles. The number of carbonyl (C=O) groups is 1. The van der Waals surface area contributed by atoms with Crippen LogP contribution >= 0.6 is 0 Å². The van der Waals surface area contributed by atoms with Gasteiger partial charge in [0.1, 0.15) is 0 Å². The van der Waals surface area contributed by atoms with Gasteiger partial charge in [-0.05, 0) is 31.4 Å². The average Bonchev–Trinajstić information content (AvgIpc) is 3.31. The number of carbonyl (C=O) groups excluding carboxylic acids is 1. The van der Waals surface area contributed by atoms with Crippen molar-refractivity contribution in [1.82, 2.24) is 14.6 Å². The van der Waals surface area contributed by atoms with Crippen LogP contribution in [0.15, 0.2) is 24.5 Å². The second-order valence-corrected chi connectivity index (χ2v) is 8.01. The van der Waals surface area contributed by atoms with Crippen LogP contribution in [0.4, 0.5) is 0 Å². The molecule has 0 bridgehead atoms. The largest absolute Gasteiger partial charge is 0.336 e. The predicted octanol–water partition coefficient (Wildman–Crippen LogP) is 1.07. The number of aromatic nitrogens is 1. The predicted molar refractivity (Wildman–Crippen MR) is 82.4 cm³/mol. The fraction of sp³-hybridized carbons (Fsp3) is 0.600. The lowest BCUT2D eigenvalue weighted by atomic mass is 9.95. The smallest absolute Gasteiger partial charge is 0.223 e. The van der Waals surface area contributed by atoms with Crippen LogP contribution in [-0.2, 0) is 14.8 Å². The van der Waals surface area contributed by atoms with Gasteiger partial charge in [-0.1, -0.05) is 6.07 Å². The molecule has 22 heavy (non-hydrogen) atoms. The number of amides is 1. The quantitative estimate of drug-likeness (QED) is 0.849. The van der Waals surface area contributed by atoms with E-state index in [0.717, 1.165) is 18.4 Å². The Bertz CT molecular complexity index is 643. The summed E-state index contributed by atoms with van der Waals surface area (Å²) in [6, 6.07) is 3.69. The molecule has 1 aromatic rings. The van der Waals surface area contributed by atoms with Crippen molar-refractivity contribution in [1.29, 1.82) is 0 Å². The number of likely N-dealkylation sites (tertiary alicyclic amines) is 1. The molecule has 1 saturated heterocycles. The molecule has 2 aliphatic rings. The molecular weight excluding hydrogens is 302 g/mol. The van der Waals surface area contributed by atoms with E-state index in [0.29, 0.717) is 19.5 Å². The fourth-order valence-electron chi connectivity index (χ4n) is 3.14. The maximum atomic E-state index is 12.2.